The lowest BCUT2D eigenvalue weighted by Crippen LogP contribution is -2.08. The number of nitrogens with zero attached hydrogens (tertiary/aromatic N) is 2. The lowest BCUT2D eigenvalue weighted by atomic mass is 10.1. The molecule has 0 saturated heterocycles. The Balaban J connectivity index is 2.70. The van der Waals surface area contributed by atoms with Crippen LogP contribution in [0.1, 0.15) is 36.8 Å². The Morgan fingerprint density at radius 2 is 2.14 bits per heavy atom. The van der Waals surface area contributed by atoms with Crippen LogP contribution in [0.15, 0.2) is 6.20 Å². The molecule has 78 valence electrons. The second kappa shape index (κ2) is 5.30. The maximum Gasteiger partial charge on any atom is 0.0633 e. The summed E-state index contributed by atoms with van der Waals surface area (Å²) in [4.78, 5) is 8.72. The first-order chi connectivity index (χ1) is 6.63. The van der Waals surface area contributed by atoms with E-state index in [1.807, 2.05) is 13.8 Å². The van der Waals surface area contributed by atoms with E-state index >= 15 is 0 Å². The minimum Gasteiger partial charge on any atom is -0.258 e. The number of hydrogen-bond donors (Lipinski definition) is 0. The zero-order valence-corrected chi connectivity index (χ0v) is 9.80. The Kier molecular flexibility index (Phi) is 4.33. The number of rotatable bonds is 4. The molecule has 1 aromatic rings. The van der Waals surface area contributed by atoms with Gasteiger partial charge in [-0.1, -0.05) is 13.3 Å². The van der Waals surface area contributed by atoms with Gasteiger partial charge in [0.25, 0.3) is 0 Å². The van der Waals surface area contributed by atoms with Gasteiger partial charge in [0.15, 0.2) is 0 Å². The van der Waals surface area contributed by atoms with E-state index in [1.165, 1.54) is 0 Å². The SMILES string of the molecule is CCCC(Cl)Cc1nc(C)cnc1C. The summed E-state index contributed by atoms with van der Waals surface area (Å²) in [6.45, 7) is 6.08. The highest BCUT2D eigenvalue weighted by Crippen LogP contribution is 2.13. The van der Waals surface area contributed by atoms with Crippen LogP contribution in [0.2, 0.25) is 0 Å². The molecule has 0 spiro atoms. The van der Waals surface area contributed by atoms with Crippen LogP contribution in [0.3, 0.4) is 0 Å². The predicted molar refractivity (Wildman–Crippen MR) is 59.8 cm³/mol. The van der Waals surface area contributed by atoms with Gasteiger partial charge in [-0.05, 0) is 20.3 Å². The van der Waals surface area contributed by atoms with Crippen molar-refractivity contribution >= 4 is 11.6 Å². The highest BCUT2D eigenvalue weighted by molar-refractivity contribution is 6.20. The summed E-state index contributed by atoms with van der Waals surface area (Å²) in [5, 5.41) is 0.190. The molecule has 0 aliphatic carbocycles. The largest absolute Gasteiger partial charge is 0.258 e. The summed E-state index contributed by atoms with van der Waals surface area (Å²) < 4.78 is 0. The molecule has 1 rings (SSSR count). The zero-order chi connectivity index (χ0) is 10.6. The third-order valence-electron chi connectivity index (χ3n) is 2.19. The molecule has 0 fully saturated rings. The van der Waals surface area contributed by atoms with Crippen LogP contribution in [0, 0.1) is 13.8 Å². The van der Waals surface area contributed by atoms with Crippen molar-refractivity contribution in [1.29, 1.82) is 0 Å². The lowest BCUT2D eigenvalue weighted by molar-refractivity contribution is 0.707. The van der Waals surface area contributed by atoms with Crippen LogP contribution in [0.5, 0.6) is 0 Å². The fourth-order valence-electron chi connectivity index (χ4n) is 1.41. The fourth-order valence-corrected chi connectivity index (χ4v) is 1.77. The van der Waals surface area contributed by atoms with Crippen molar-refractivity contribution in [2.75, 3.05) is 0 Å². The number of aryl methyl sites for hydroxylation is 2. The predicted octanol–water partition coefficient (Wildman–Crippen LogP) is 3.04. The van der Waals surface area contributed by atoms with Gasteiger partial charge in [0.2, 0.25) is 0 Å². The highest BCUT2D eigenvalue weighted by Gasteiger charge is 2.09. The Labute approximate surface area is 90.7 Å². The van der Waals surface area contributed by atoms with E-state index in [9.17, 15) is 0 Å². The zero-order valence-electron chi connectivity index (χ0n) is 9.05. The molecule has 14 heavy (non-hydrogen) atoms. The van der Waals surface area contributed by atoms with Gasteiger partial charge in [0.1, 0.15) is 0 Å². The third kappa shape index (κ3) is 3.26. The van der Waals surface area contributed by atoms with Crippen LogP contribution in [0.4, 0.5) is 0 Å². The summed E-state index contributed by atoms with van der Waals surface area (Å²) in [5.74, 6) is 0. The van der Waals surface area contributed by atoms with Crippen molar-refractivity contribution < 1.29 is 0 Å². The fraction of sp³-hybridized carbons (Fsp3) is 0.636. The molecule has 0 bridgehead atoms. The molecular weight excluding hydrogens is 196 g/mol. The van der Waals surface area contributed by atoms with Gasteiger partial charge >= 0.3 is 0 Å². The first kappa shape index (κ1) is 11.4. The topological polar surface area (TPSA) is 25.8 Å². The number of hydrogen-bond acceptors (Lipinski definition) is 2. The summed E-state index contributed by atoms with van der Waals surface area (Å²) in [7, 11) is 0. The van der Waals surface area contributed by atoms with Gasteiger partial charge in [-0.25, -0.2) is 0 Å². The quantitative estimate of drug-likeness (QED) is 0.717. The Morgan fingerprint density at radius 1 is 1.43 bits per heavy atom. The number of alkyl halides is 1. The average Bonchev–Trinajstić information content (AvgIpc) is 2.12. The van der Waals surface area contributed by atoms with E-state index in [-0.39, 0.29) is 5.38 Å². The van der Waals surface area contributed by atoms with E-state index in [2.05, 4.69) is 16.9 Å². The summed E-state index contributed by atoms with van der Waals surface area (Å²) in [5.41, 5.74) is 3.00. The Bertz CT molecular complexity index is 299. The standard InChI is InChI=1S/C11H17ClN2/c1-4-5-10(12)6-11-9(3)13-7-8(2)14-11/h7,10H,4-6H2,1-3H3. The highest BCUT2D eigenvalue weighted by atomic mass is 35.5. The lowest BCUT2D eigenvalue weighted by Gasteiger charge is -2.09. The van der Waals surface area contributed by atoms with Crippen molar-refractivity contribution in [1.82, 2.24) is 9.97 Å². The summed E-state index contributed by atoms with van der Waals surface area (Å²) in [6, 6.07) is 0. The molecule has 0 saturated carbocycles. The van der Waals surface area contributed by atoms with E-state index in [0.717, 1.165) is 36.3 Å². The van der Waals surface area contributed by atoms with E-state index in [0.29, 0.717) is 0 Å². The van der Waals surface area contributed by atoms with Crippen LogP contribution in [-0.4, -0.2) is 15.3 Å². The smallest absolute Gasteiger partial charge is 0.0633 e. The molecule has 0 amide bonds. The van der Waals surface area contributed by atoms with Crippen LogP contribution in [0.25, 0.3) is 0 Å². The van der Waals surface area contributed by atoms with Crippen LogP contribution < -0.4 is 0 Å². The van der Waals surface area contributed by atoms with Crippen LogP contribution in [-0.2, 0) is 6.42 Å². The van der Waals surface area contributed by atoms with Crippen molar-refractivity contribution in [2.24, 2.45) is 0 Å². The Morgan fingerprint density at radius 3 is 2.79 bits per heavy atom. The molecule has 0 aliphatic rings. The Hall–Kier alpha value is -0.630. The molecule has 1 heterocycles. The molecule has 1 atom stereocenters. The van der Waals surface area contributed by atoms with Crippen molar-refractivity contribution in [3.63, 3.8) is 0 Å². The number of aromatic nitrogens is 2. The van der Waals surface area contributed by atoms with E-state index < -0.39 is 0 Å². The monoisotopic (exact) mass is 212 g/mol. The van der Waals surface area contributed by atoms with Gasteiger partial charge < -0.3 is 0 Å². The molecule has 3 heteroatoms. The normalized spacial score (nSPS) is 12.9. The van der Waals surface area contributed by atoms with Crippen molar-refractivity contribution in [2.45, 2.75) is 45.4 Å². The molecule has 1 aromatic heterocycles. The molecule has 0 aliphatic heterocycles. The van der Waals surface area contributed by atoms with Gasteiger partial charge in [-0.3, -0.25) is 9.97 Å². The van der Waals surface area contributed by atoms with Crippen molar-refractivity contribution in [3.05, 3.63) is 23.3 Å². The second-order valence-electron chi connectivity index (χ2n) is 3.63. The second-order valence-corrected chi connectivity index (χ2v) is 4.25. The van der Waals surface area contributed by atoms with Crippen molar-refractivity contribution in [3.8, 4) is 0 Å². The van der Waals surface area contributed by atoms with Gasteiger partial charge in [-0.2, -0.15) is 0 Å². The maximum absolute atomic E-state index is 6.17. The third-order valence-corrected chi connectivity index (χ3v) is 2.56. The van der Waals surface area contributed by atoms with Gasteiger partial charge in [0.05, 0.1) is 17.1 Å². The average molecular weight is 213 g/mol. The summed E-state index contributed by atoms with van der Waals surface area (Å²) in [6.07, 6.45) is 4.78. The molecular formula is C11H17ClN2. The van der Waals surface area contributed by atoms with E-state index in [1.54, 1.807) is 6.20 Å². The molecule has 0 radical (unpaired) electrons. The molecule has 0 aromatic carbocycles. The molecule has 0 N–H and O–H groups in total. The van der Waals surface area contributed by atoms with Gasteiger partial charge in [0, 0.05) is 18.0 Å². The number of halogens is 1. The van der Waals surface area contributed by atoms with Crippen LogP contribution >= 0.6 is 11.6 Å². The van der Waals surface area contributed by atoms with Gasteiger partial charge in [-0.15, -0.1) is 11.6 Å². The van der Waals surface area contributed by atoms with E-state index in [4.69, 9.17) is 11.6 Å². The minimum absolute atomic E-state index is 0.190. The first-order valence-corrected chi connectivity index (χ1v) is 5.50. The summed E-state index contributed by atoms with van der Waals surface area (Å²) >= 11 is 6.17. The maximum atomic E-state index is 6.17. The molecule has 1 unspecified atom stereocenters. The molecule has 2 nitrogen and oxygen atoms in total. The first-order valence-electron chi connectivity index (χ1n) is 5.06. The minimum atomic E-state index is 0.190.